The van der Waals surface area contributed by atoms with Crippen LogP contribution >= 0.6 is 0 Å². The van der Waals surface area contributed by atoms with Gasteiger partial charge in [-0.1, -0.05) is 12.1 Å². The summed E-state index contributed by atoms with van der Waals surface area (Å²) in [6.07, 6.45) is 4.33. The Balaban J connectivity index is 1.49. The molecule has 0 aliphatic carbocycles. The number of aromatic nitrogens is 4. The van der Waals surface area contributed by atoms with Gasteiger partial charge in [-0.05, 0) is 37.0 Å². The zero-order valence-corrected chi connectivity index (χ0v) is 14.4. The van der Waals surface area contributed by atoms with Crippen molar-refractivity contribution in [2.24, 2.45) is 0 Å². The number of aromatic hydroxyl groups is 1. The highest BCUT2D eigenvalue weighted by Crippen LogP contribution is 2.26. The summed E-state index contributed by atoms with van der Waals surface area (Å²) in [5, 5.41) is 22.2. The number of aromatic amines is 1. The summed E-state index contributed by atoms with van der Waals surface area (Å²) in [6, 6.07) is 7.29. The highest BCUT2D eigenvalue weighted by molar-refractivity contribution is 5.84. The van der Waals surface area contributed by atoms with Gasteiger partial charge in [0.25, 0.3) is 0 Å². The van der Waals surface area contributed by atoms with Crippen molar-refractivity contribution in [2.45, 2.75) is 25.3 Å². The molecule has 3 aromatic rings. The summed E-state index contributed by atoms with van der Waals surface area (Å²) >= 11 is 0. The maximum atomic E-state index is 9.53. The molecule has 4 rings (SSSR count). The minimum atomic E-state index is 0.106. The van der Waals surface area contributed by atoms with Crippen molar-refractivity contribution in [1.82, 2.24) is 19.9 Å². The SMILES string of the molecule is OCC1CCCN1c1nc2ncnc(NCCc3ccc(O)cc3)c2[nH]1. The Kier molecular flexibility index (Phi) is 4.57. The van der Waals surface area contributed by atoms with E-state index in [-0.39, 0.29) is 18.4 Å². The molecule has 1 unspecified atom stereocenters. The van der Waals surface area contributed by atoms with E-state index in [9.17, 15) is 10.2 Å². The van der Waals surface area contributed by atoms with Crippen LogP contribution in [0.25, 0.3) is 11.2 Å². The summed E-state index contributed by atoms with van der Waals surface area (Å²) in [5.74, 6) is 1.72. The molecule has 8 heteroatoms. The second-order valence-electron chi connectivity index (χ2n) is 6.50. The molecule has 8 nitrogen and oxygen atoms in total. The lowest BCUT2D eigenvalue weighted by Crippen LogP contribution is -2.32. The van der Waals surface area contributed by atoms with Crippen molar-refractivity contribution in [1.29, 1.82) is 0 Å². The van der Waals surface area contributed by atoms with Crippen molar-refractivity contribution in [3.05, 3.63) is 36.2 Å². The van der Waals surface area contributed by atoms with Crippen LogP contribution in [0.4, 0.5) is 11.8 Å². The van der Waals surface area contributed by atoms with Gasteiger partial charge in [-0.3, -0.25) is 0 Å². The maximum Gasteiger partial charge on any atom is 0.205 e. The molecule has 4 N–H and O–H groups in total. The van der Waals surface area contributed by atoms with E-state index in [1.165, 1.54) is 6.33 Å². The number of nitrogens with one attached hydrogen (secondary N) is 2. The van der Waals surface area contributed by atoms with Gasteiger partial charge in [0.2, 0.25) is 5.95 Å². The quantitative estimate of drug-likeness (QED) is 0.533. The normalized spacial score (nSPS) is 17.1. The van der Waals surface area contributed by atoms with Crippen LogP contribution in [0.5, 0.6) is 5.75 Å². The zero-order chi connectivity index (χ0) is 17.9. The molecule has 1 atom stereocenters. The second kappa shape index (κ2) is 7.17. The molecule has 136 valence electrons. The standard InChI is InChI=1S/C18H22N6O2/c25-10-13-2-1-9-24(13)18-22-15-16(20-11-21-17(15)23-18)19-8-7-12-3-5-14(26)6-4-12/h3-6,11,13,25-26H,1-2,7-10H2,(H2,19,20,21,22,23). The van der Waals surface area contributed by atoms with Crippen molar-refractivity contribution >= 4 is 22.9 Å². The Hall–Kier alpha value is -2.87. The van der Waals surface area contributed by atoms with Crippen LogP contribution in [-0.4, -0.2) is 55.9 Å². The highest BCUT2D eigenvalue weighted by Gasteiger charge is 2.26. The molecular weight excluding hydrogens is 332 g/mol. The van der Waals surface area contributed by atoms with Gasteiger partial charge in [0.15, 0.2) is 11.5 Å². The van der Waals surface area contributed by atoms with Crippen molar-refractivity contribution in [3.63, 3.8) is 0 Å². The fourth-order valence-electron chi connectivity index (χ4n) is 3.38. The maximum absolute atomic E-state index is 9.53. The molecule has 1 aliphatic heterocycles. The summed E-state index contributed by atoms with van der Waals surface area (Å²) < 4.78 is 0. The fourth-order valence-corrected chi connectivity index (χ4v) is 3.38. The molecule has 1 aliphatic rings. The number of benzene rings is 1. The monoisotopic (exact) mass is 354 g/mol. The summed E-state index contributed by atoms with van der Waals surface area (Å²) in [4.78, 5) is 18.6. The molecule has 1 fully saturated rings. The van der Waals surface area contributed by atoms with Gasteiger partial charge in [-0.2, -0.15) is 4.98 Å². The van der Waals surface area contributed by atoms with E-state index >= 15 is 0 Å². The van der Waals surface area contributed by atoms with Crippen LogP contribution in [-0.2, 0) is 6.42 Å². The smallest absolute Gasteiger partial charge is 0.205 e. The number of nitrogens with zero attached hydrogens (tertiary/aromatic N) is 4. The molecule has 0 radical (unpaired) electrons. The third-order valence-electron chi connectivity index (χ3n) is 4.78. The van der Waals surface area contributed by atoms with Gasteiger partial charge in [0.1, 0.15) is 17.6 Å². The van der Waals surface area contributed by atoms with E-state index in [1.54, 1.807) is 12.1 Å². The Morgan fingerprint density at radius 1 is 1.23 bits per heavy atom. The number of fused-ring (bicyclic) bond motifs is 1. The van der Waals surface area contributed by atoms with Crippen LogP contribution in [0.1, 0.15) is 18.4 Å². The molecule has 2 aromatic heterocycles. The number of hydrogen-bond acceptors (Lipinski definition) is 7. The van der Waals surface area contributed by atoms with Gasteiger partial charge in [0.05, 0.1) is 12.6 Å². The number of phenolic OH excluding ortho intramolecular Hbond substituents is 1. The molecule has 1 saturated heterocycles. The van der Waals surface area contributed by atoms with Gasteiger partial charge >= 0.3 is 0 Å². The number of rotatable bonds is 6. The first-order valence-electron chi connectivity index (χ1n) is 8.84. The summed E-state index contributed by atoms with van der Waals surface area (Å²) in [6.45, 7) is 1.71. The van der Waals surface area contributed by atoms with Crippen molar-refractivity contribution in [3.8, 4) is 5.75 Å². The van der Waals surface area contributed by atoms with Gasteiger partial charge in [0, 0.05) is 13.1 Å². The average Bonchev–Trinajstić information content (AvgIpc) is 3.29. The van der Waals surface area contributed by atoms with Crippen molar-refractivity contribution < 1.29 is 10.2 Å². The lowest BCUT2D eigenvalue weighted by Gasteiger charge is -2.21. The second-order valence-corrected chi connectivity index (χ2v) is 6.50. The molecule has 26 heavy (non-hydrogen) atoms. The number of anilines is 2. The Labute approximate surface area is 150 Å². The fraction of sp³-hybridized carbons (Fsp3) is 0.389. The van der Waals surface area contributed by atoms with E-state index in [0.717, 1.165) is 42.8 Å². The predicted molar refractivity (Wildman–Crippen MR) is 99.4 cm³/mol. The minimum absolute atomic E-state index is 0.106. The largest absolute Gasteiger partial charge is 0.508 e. The minimum Gasteiger partial charge on any atom is -0.508 e. The van der Waals surface area contributed by atoms with Crippen LogP contribution in [0.3, 0.4) is 0 Å². The van der Waals surface area contributed by atoms with E-state index < -0.39 is 0 Å². The number of aliphatic hydroxyl groups is 1. The Morgan fingerprint density at radius 3 is 2.88 bits per heavy atom. The molecule has 0 saturated carbocycles. The lowest BCUT2D eigenvalue weighted by molar-refractivity contribution is 0.265. The number of phenols is 1. The Bertz CT molecular complexity index is 879. The van der Waals surface area contributed by atoms with Crippen LogP contribution in [0.15, 0.2) is 30.6 Å². The van der Waals surface area contributed by atoms with Gasteiger partial charge in [-0.25, -0.2) is 9.97 Å². The van der Waals surface area contributed by atoms with Crippen LogP contribution < -0.4 is 10.2 Å². The van der Waals surface area contributed by atoms with Gasteiger partial charge in [-0.15, -0.1) is 0 Å². The lowest BCUT2D eigenvalue weighted by atomic mass is 10.1. The van der Waals surface area contributed by atoms with Gasteiger partial charge < -0.3 is 25.4 Å². The summed E-state index contributed by atoms with van der Waals surface area (Å²) in [7, 11) is 0. The number of hydrogen-bond donors (Lipinski definition) is 4. The first-order valence-corrected chi connectivity index (χ1v) is 8.84. The van der Waals surface area contributed by atoms with E-state index in [2.05, 4.69) is 30.2 Å². The first kappa shape index (κ1) is 16.6. The molecule has 0 bridgehead atoms. The highest BCUT2D eigenvalue weighted by atomic mass is 16.3. The van der Waals surface area contributed by atoms with Crippen molar-refractivity contribution in [2.75, 3.05) is 29.9 Å². The molecule has 0 spiro atoms. The van der Waals surface area contributed by atoms with Crippen LogP contribution in [0, 0.1) is 0 Å². The Morgan fingerprint density at radius 2 is 2.08 bits per heavy atom. The van der Waals surface area contributed by atoms with E-state index in [0.29, 0.717) is 18.0 Å². The predicted octanol–water partition coefficient (Wildman–Crippen LogP) is 1.67. The third kappa shape index (κ3) is 3.28. The molecule has 3 heterocycles. The topological polar surface area (TPSA) is 110 Å². The zero-order valence-electron chi connectivity index (χ0n) is 14.4. The van der Waals surface area contributed by atoms with Crippen LogP contribution in [0.2, 0.25) is 0 Å². The summed E-state index contributed by atoms with van der Waals surface area (Å²) in [5.41, 5.74) is 2.52. The number of aliphatic hydroxyl groups excluding tert-OH is 1. The third-order valence-corrected chi connectivity index (χ3v) is 4.78. The van der Waals surface area contributed by atoms with E-state index in [1.807, 2.05) is 12.1 Å². The average molecular weight is 354 g/mol. The number of imidazole rings is 1. The van der Waals surface area contributed by atoms with E-state index in [4.69, 9.17) is 0 Å². The molecule has 1 aromatic carbocycles. The number of H-pyrrole nitrogens is 1. The molecular formula is C18H22N6O2. The molecule has 0 amide bonds. The first-order chi connectivity index (χ1) is 12.7.